The second-order valence-electron chi connectivity index (χ2n) is 5.01. The standard InChI is InChI=1S/C16H10N2O6/c1-9-4-12(8-17-7-9)23-15(19)13-6-10-5-11(18(21)22)2-3-14(10)24-16(13)20/h2-8H,1H3. The third kappa shape index (κ3) is 2.98. The summed E-state index contributed by atoms with van der Waals surface area (Å²) in [6, 6.07) is 6.51. The number of rotatable bonds is 3. The summed E-state index contributed by atoms with van der Waals surface area (Å²) in [4.78, 5) is 38.2. The predicted octanol–water partition coefficient (Wildman–Crippen LogP) is 2.62. The predicted molar refractivity (Wildman–Crippen MR) is 83.1 cm³/mol. The fourth-order valence-corrected chi connectivity index (χ4v) is 2.11. The normalized spacial score (nSPS) is 10.5. The Morgan fingerprint density at radius 2 is 2.04 bits per heavy atom. The van der Waals surface area contributed by atoms with E-state index < -0.39 is 16.5 Å². The molecule has 0 atom stereocenters. The minimum Gasteiger partial charge on any atom is -0.422 e. The summed E-state index contributed by atoms with van der Waals surface area (Å²) in [7, 11) is 0. The van der Waals surface area contributed by atoms with E-state index in [0.717, 1.165) is 5.56 Å². The van der Waals surface area contributed by atoms with Gasteiger partial charge in [-0.1, -0.05) is 0 Å². The molecule has 0 saturated carbocycles. The molecule has 0 radical (unpaired) electrons. The maximum Gasteiger partial charge on any atom is 0.351 e. The molecule has 0 fully saturated rings. The fraction of sp³-hybridized carbons (Fsp3) is 0.0625. The van der Waals surface area contributed by atoms with Gasteiger partial charge in [0.05, 0.1) is 11.1 Å². The summed E-state index contributed by atoms with van der Waals surface area (Å²) < 4.78 is 10.1. The number of aromatic nitrogens is 1. The van der Waals surface area contributed by atoms with Gasteiger partial charge in [0.1, 0.15) is 16.9 Å². The number of carbonyl (C=O) groups excluding carboxylic acids is 1. The summed E-state index contributed by atoms with van der Waals surface area (Å²) in [5, 5.41) is 11.1. The first-order valence-corrected chi connectivity index (χ1v) is 6.80. The van der Waals surface area contributed by atoms with Crippen molar-refractivity contribution in [2.75, 3.05) is 0 Å². The van der Waals surface area contributed by atoms with Crippen LogP contribution in [-0.4, -0.2) is 15.9 Å². The number of esters is 1. The molecule has 2 aromatic heterocycles. The van der Waals surface area contributed by atoms with Crippen LogP contribution >= 0.6 is 0 Å². The van der Waals surface area contributed by atoms with Crippen molar-refractivity contribution >= 4 is 22.6 Å². The lowest BCUT2D eigenvalue weighted by Gasteiger charge is -2.04. The largest absolute Gasteiger partial charge is 0.422 e. The Hall–Kier alpha value is -3.55. The van der Waals surface area contributed by atoms with Crippen molar-refractivity contribution < 1.29 is 18.9 Å². The van der Waals surface area contributed by atoms with Gasteiger partial charge in [-0.25, -0.2) is 9.59 Å². The lowest BCUT2D eigenvalue weighted by molar-refractivity contribution is -0.384. The van der Waals surface area contributed by atoms with Crippen molar-refractivity contribution in [1.82, 2.24) is 4.98 Å². The number of nitro benzene ring substituents is 1. The van der Waals surface area contributed by atoms with E-state index >= 15 is 0 Å². The molecular weight excluding hydrogens is 316 g/mol. The second kappa shape index (κ2) is 5.92. The van der Waals surface area contributed by atoms with Gasteiger partial charge >= 0.3 is 11.6 Å². The number of fused-ring (bicyclic) bond motifs is 1. The van der Waals surface area contributed by atoms with Gasteiger partial charge in [-0.15, -0.1) is 0 Å². The van der Waals surface area contributed by atoms with Crippen LogP contribution in [0.1, 0.15) is 15.9 Å². The topological polar surface area (TPSA) is 113 Å². The molecule has 0 bridgehead atoms. The highest BCUT2D eigenvalue weighted by Crippen LogP contribution is 2.21. The maximum atomic E-state index is 12.2. The first-order chi connectivity index (χ1) is 11.4. The molecule has 2 heterocycles. The van der Waals surface area contributed by atoms with Crippen LogP contribution in [0.2, 0.25) is 0 Å². The Bertz CT molecular complexity index is 1020. The third-order valence-electron chi connectivity index (χ3n) is 3.21. The molecule has 120 valence electrons. The lowest BCUT2D eigenvalue weighted by atomic mass is 10.1. The number of benzene rings is 1. The van der Waals surface area contributed by atoms with Gasteiger partial charge < -0.3 is 9.15 Å². The number of nitro groups is 1. The fourth-order valence-electron chi connectivity index (χ4n) is 2.11. The molecule has 0 saturated heterocycles. The molecular formula is C16H10N2O6. The number of aryl methyl sites for hydroxylation is 1. The summed E-state index contributed by atoms with van der Waals surface area (Å²) in [6.45, 7) is 1.77. The van der Waals surface area contributed by atoms with Crippen molar-refractivity contribution in [2.45, 2.75) is 6.92 Å². The van der Waals surface area contributed by atoms with Crippen LogP contribution < -0.4 is 10.4 Å². The Morgan fingerprint density at radius 1 is 1.25 bits per heavy atom. The highest BCUT2D eigenvalue weighted by atomic mass is 16.6. The summed E-state index contributed by atoms with van der Waals surface area (Å²) in [6.07, 6.45) is 2.92. The van der Waals surface area contributed by atoms with Crippen LogP contribution in [0.5, 0.6) is 5.75 Å². The van der Waals surface area contributed by atoms with Gasteiger partial charge in [0.25, 0.3) is 5.69 Å². The summed E-state index contributed by atoms with van der Waals surface area (Å²) >= 11 is 0. The van der Waals surface area contributed by atoms with Gasteiger partial charge in [0, 0.05) is 23.7 Å². The van der Waals surface area contributed by atoms with Gasteiger partial charge in [-0.3, -0.25) is 15.1 Å². The molecule has 0 aliphatic rings. The summed E-state index contributed by atoms with van der Waals surface area (Å²) in [5.41, 5.74) is -0.508. The van der Waals surface area contributed by atoms with Crippen LogP contribution in [0.15, 0.2) is 51.9 Å². The van der Waals surface area contributed by atoms with Crippen molar-refractivity contribution in [1.29, 1.82) is 0 Å². The van der Waals surface area contributed by atoms with Crippen molar-refractivity contribution in [3.63, 3.8) is 0 Å². The molecule has 0 aliphatic heterocycles. The van der Waals surface area contributed by atoms with Crippen LogP contribution in [0, 0.1) is 17.0 Å². The number of pyridine rings is 1. The molecule has 0 aliphatic carbocycles. The van der Waals surface area contributed by atoms with Crippen LogP contribution in [-0.2, 0) is 0 Å². The maximum absolute atomic E-state index is 12.2. The number of carbonyl (C=O) groups is 1. The van der Waals surface area contributed by atoms with Crippen LogP contribution in [0.3, 0.4) is 0 Å². The van der Waals surface area contributed by atoms with E-state index in [1.54, 1.807) is 19.2 Å². The van der Waals surface area contributed by atoms with E-state index in [0.29, 0.717) is 0 Å². The SMILES string of the molecule is Cc1cncc(OC(=O)c2cc3cc([N+](=O)[O-])ccc3oc2=O)c1. The molecule has 3 rings (SSSR count). The van der Waals surface area contributed by atoms with E-state index in [9.17, 15) is 19.7 Å². The van der Waals surface area contributed by atoms with Gasteiger partial charge in [-0.2, -0.15) is 0 Å². The number of hydrogen-bond acceptors (Lipinski definition) is 7. The summed E-state index contributed by atoms with van der Waals surface area (Å²) in [5.74, 6) is -0.747. The number of ether oxygens (including phenoxy) is 1. The van der Waals surface area contributed by atoms with Gasteiger partial charge in [-0.05, 0) is 30.7 Å². The molecule has 8 heteroatoms. The molecule has 0 amide bonds. The third-order valence-corrected chi connectivity index (χ3v) is 3.21. The van der Waals surface area contributed by atoms with E-state index in [2.05, 4.69) is 4.98 Å². The monoisotopic (exact) mass is 326 g/mol. The highest BCUT2D eigenvalue weighted by molar-refractivity contribution is 5.94. The second-order valence-corrected chi connectivity index (χ2v) is 5.01. The quantitative estimate of drug-likeness (QED) is 0.314. The number of nitrogens with zero attached hydrogens (tertiary/aromatic N) is 2. The van der Waals surface area contributed by atoms with E-state index in [-0.39, 0.29) is 28.0 Å². The average Bonchev–Trinajstić information content (AvgIpc) is 2.53. The Morgan fingerprint density at radius 3 is 2.75 bits per heavy atom. The molecule has 0 N–H and O–H groups in total. The average molecular weight is 326 g/mol. The van der Waals surface area contributed by atoms with E-state index in [1.807, 2.05) is 0 Å². The number of hydrogen-bond donors (Lipinski definition) is 0. The highest BCUT2D eigenvalue weighted by Gasteiger charge is 2.18. The zero-order valence-electron chi connectivity index (χ0n) is 12.4. The smallest absolute Gasteiger partial charge is 0.351 e. The Balaban J connectivity index is 2.01. The van der Waals surface area contributed by atoms with Gasteiger partial charge in [0.15, 0.2) is 0 Å². The van der Waals surface area contributed by atoms with Crippen molar-refractivity contribution in [3.05, 3.63) is 74.4 Å². The zero-order chi connectivity index (χ0) is 17.3. The first-order valence-electron chi connectivity index (χ1n) is 6.80. The van der Waals surface area contributed by atoms with Crippen molar-refractivity contribution in [2.24, 2.45) is 0 Å². The molecule has 1 aromatic carbocycles. The van der Waals surface area contributed by atoms with Crippen molar-refractivity contribution in [3.8, 4) is 5.75 Å². The Kier molecular flexibility index (Phi) is 3.78. The molecule has 8 nitrogen and oxygen atoms in total. The first kappa shape index (κ1) is 15.3. The van der Waals surface area contributed by atoms with E-state index in [4.69, 9.17) is 9.15 Å². The molecule has 24 heavy (non-hydrogen) atoms. The number of non-ortho nitro benzene ring substituents is 1. The van der Waals surface area contributed by atoms with Gasteiger partial charge in [0.2, 0.25) is 0 Å². The minimum absolute atomic E-state index is 0.138. The molecule has 3 aromatic rings. The Labute approximate surface area is 134 Å². The minimum atomic E-state index is -0.926. The molecule has 0 unspecified atom stereocenters. The van der Waals surface area contributed by atoms with Crippen LogP contribution in [0.25, 0.3) is 11.0 Å². The lowest BCUT2D eigenvalue weighted by Crippen LogP contribution is -2.18. The van der Waals surface area contributed by atoms with E-state index in [1.165, 1.54) is 30.5 Å². The molecule has 0 spiro atoms. The van der Waals surface area contributed by atoms with Crippen LogP contribution in [0.4, 0.5) is 5.69 Å². The zero-order valence-corrected chi connectivity index (χ0v) is 12.4.